The first-order valence-electron chi connectivity index (χ1n) is 6.51. The Kier molecular flexibility index (Phi) is 3.60. The van der Waals surface area contributed by atoms with Crippen molar-refractivity contribution in [2.75, 3.05) is 0 Å². The number of carboxylic acid groups (broad SMARTS) is 1. The van der Waals surface area contributed by atoms with Gasteiger partial charge in [-0.2, -0.15) is 0 Å². The van der Waals surface area contributed by atoms with Crippen LogP contribution in [0.3, 0.4) is 0 Å². The van der Waals surface area contributed by atoms with Gasteiger partial charge in [0.2, 0.25) is 5.91 Å². The van der Waals surface area contributed by atoms with Crippen LogP contribution in [0.1, 0.15) is 36.1 Å². The third kappa shape index (κ3) is 2.78. The molecule has 1 fully saturated rings. The second-order valence-electron chi connectivity index (χ2n) is 5.31. The number of hydrogen-bond donors (Lipinski definition) is 2. The first-order valence-corrected chi connectivity index (χ1v) is 6.51. The highest BCUT2D eigenvalue weighted by Crippen LogP contribution is 2.39. The molecule has 102 valence electrons. The fourth-order valence-electron chi connectivity index (χ4n) is 2.40. The average Bonchev–Trinajstić information content (AvgIpc) is 3.12. The summed E-state index contributed by atoms with van der Waals surface area (Å²) < 4.78 is 0. The Hall–Kier alpha value is -1.84. The van der Waals surface area contributed by atoms with Gasteiger partial charge in [0.15, 0.2) is 0 Å². The molecule has 1 aliphatic rings. The molecule has 4 heteroatoms. The Balaban J connectivity index is 2.02. The molecule has 0 bridgehead atoms. The number of nitrogens with one attached hydrogen (secondary N) is 1. The molecule has 0 saturated heterocycles. The Morgan fingerprint density at radius 1 is 1.32 bits per heavy atom. The molecule has 2 N–H and O–H groups in total. The largest absolute Gasteiger partial charge is 0.481 e. The van der Waals surface area contributed by atoms with Crippen molar-refractivity contribution in [3.05, 3.63) is 34.9 Å². The number of benzene rings is 1. The summed E-state index contributed by atoms with van der Waals surface area (Å²) in [4.78, 5) is 22.7. The van der Waals surface area contributed by atoms with E-state index in [1.807, 2.05) is 39.0 Å². The quantitative estimate of drug-likeness (QED) is 0.873. The Bertz CT molecular complexity index is 524. The van der Waals surface area contributed by atoms with Gasteiger partial charge in [-0.05, 0) is 43.9 Å². The van der Waals surface area contributed by atoms with Crippen molar-refractivity contribution in [1.82, 2.24) is 5.32 Å². The minimum Gasteiger partial charge on any atom is -0.481 e. The van der Waals surface area contributed by atoms with Gasteiger partial charge in [0.25, 0.3) is 0 Å². The molecule has 3 atom stereocenters. The molecule has 4 nitrogen and oxygen atoms in total. The zero-order chi connectivity index (χ0) is 14.2. The molecule has 0 aromatic heterocycles. The summed E-state index contributed by atoms with van der Waals surface area (Å²) in [6, 6.07) is 5.91. The predicted octanol–water partition coefficient (Wildman–Crippen LogP) is 2.20. The topological polar surface area (TPSA) is 66.4 Å². The average molecular weight is 261 g/mol. The van der Waals surface area contributed by atoms with Crippen LogP contribution in [0.25, 0.3) is 0 Å². The Morgan fingerprint density at radius 2 is 2.00 bits per heavy atom. The number of carbonyl (C=O) groups excluding carboxylic acids is 1. The van der Waals surface area contributed by atoms with Gasteiger partial charge in [-0.15, -0.1) is 0 Å². The molecule has 1 aromatic rings. The summed E-state index contributed by atoms with van der Waals surface area (Å²) in [5.41, 5.74) is 3.44. The summed E-state index contributed by atoms with van der Waals surface area (Å²) in [5.74, 6) is -1.88. The van der Waals surface area contributed by atoms with Gasteiger partial charge >= 0.3 is 5.97 Å². The fourth-order valence-corrected chi connectivity index (χ4v) is 2.40. The van der Waals surface area contributed by atoms with Gasteiger partial charge in [0.05, 0.1) is 17.9 Å². The van der Waals surface area contributed by atoms with Crippen LogP contribution in [0.15, 0.2) is 18.2 Å². The van der Waals surface area contributed by atoms with Gasteiger partial charge in [0.1, 0.15) is 0 Å². The third-order valence-electron chi connectivity index (χ3n) is 3.92. The summed E-state index contributed by atoms with van der Waals surface area (Å²) >= 11 is 0. The van der Waals surface area contributed by atoms with Crippen LogP contribution < -0.4 is 5.32 Å². The molecule has 19 heavy (non-hydrogen) atoms. The number of carboxylic acids is 1. The van der Waals surface area contributed by atoms with Gasteiger partial charge < -0.3 is 10.4 Å². The van der Waals surface area contributed by atoms with Crippen molar-refractivity contribution in [1.29, 1.82) is 0 Å². The van der Waals surface area contributed by atoms with Crippen molar-refractivity contribution in [2.45, 2.75) is 33.2 Å². The van der Waals surface area contributed by atoms with Crippen LogP contribution in [0, 0.1) is 25.7 Å². The van der Waals surface area contributed by atoms with E-state index < -0.39 is 11.9 Å². The molecule has 1 amide bonds. The van der Waals surface area contributed by atoms with Crippen molar-refractivity contribution >= 4 is 11.9 Å². The Labute approximate surface area is 112 Å². The second-order valence-corrected chi connectivity index (χ2v) is 5.31. The van der Waals surface area contributed by atoms with E-state index in [4.69, 9.17) is 5.11 Å². The summed E-state index contributed by atoms with van der Waals surface area (Å²) in [7, 11) is 0. The van der Waals surface area contributed by atoms with E-state index in [0.717, 1.165) is 5.56 Å². The second kappa shape index (κ2) is 5.03. The Morgan fingerprint density at radius 3 is 2.58 bits per heavy atom. The molecule has 0 unspecified atom stereocenters. The van der Waals surface area contributed by atoms with E-state index in [-0.39, 0.29) is 17.9 Å². The molecule has 2 rings (SSSR count). The summed E-state index contributed by atoms with van der Waals surface area (Å²) in [5, 5.41) is 11.7. The maximum atomic E-state index is 11.9. The van der Waals surface area contributed by atoms with Crippen LogP contribution in [0.5, 0.6) is 0 Å². The number of amides is 1. The lowest BCUT2D eigenvalue weighted by Gasteiger charge is -2.17. The standard InChI is InChI=1S/C15H19NO3/c1-8-5-4-6-11(9(8)2)10(3)16-14(17)12-7-13(12)15(18)19/h4-6,10,12-13H,7H2,1-3H3,(H,16,17)(H,18,19)/t10-,12+,13-/m0/s1. The van der Waals surface area contributed by atoms with Gasteiger partial charge in [-0.25, -0.2) is 0 Å². The normalized spacial score (nSPS) is 22.7. The van der Waals surface area contributed by atoms with E-state index in [1.54, 1.807) is 0 Å². The number of hydrogen-bond acceptors (Lipinski definition) is 2. The molecular formula is C15H19NO3. The van der Waals surface area contributed by atoms with Crippen LogP contribution in [-0.4, -0.2) is 17.0 Å². The van der Waals surface area contributed by atoms with Crippen molar-refractivity contribution in [2.24, 2.45) is 11.8 Å². The van der Waals surface area contributed by atoms with Crippen LogP contribution in [0.2, 0.25) is 0 Å². The van der Waals surface area contributed by atoms with Gasteiger partial charge in [0, 0.05) is 0 Å². The van der Waals surface area contributed by atoms with Crippen molar-refractivity contribution < 1.29 is 14.7 Å². The minimum atomic E-state index is -0.875. The van der Waals surface area contributed by atoms with Crippen LogP contribution in [-0.2, 0) is 9.59 Å². The predicted molar refractivity (Wildman–Crippen MR) is 71.7 cm³/mol. The zero-order valence-electron chi connectivity index (χ0n) is 11.4. The van der Waals surface area contributed by atoms with Crippen molar-refractivity contribution in [3.8, 4) is 0 Å². The highest BCUT2D eigenvalue weighted by Gasteiger charge is 2.48. The van der Waals surface area contributed by atoms with E-state index in [2.05, 4.69) is 5.32 Å². The third-order valence-corrected chi connectivity index (χ3v) is 3.92. The van der Waals surface area contributed by atoms with Gasteiger partial charge in [-0.3, -0.25) is 9.59 Å². The molecule has 1 saturated carbocycles. The number of aliphatic carboxylic acids is 1. The lowest BCUT2D eigenvalue weighted by atomic mass is 9.98. The molecule has 1 aliphatic carbocycles. The SMILES string of the molecule is Cc1cccc([C@H](C)NC(=O)[C@@H]2C[C@@H]2C(=O)O)c1C. The first-order chi connectivity index (χ1) is 8.91. The smallest absolute Gasteiger partial charge is 0.307 e. The lowest BCUT2D eigenvalue weighted by molar-refractivity contribution is -0.140. The van der Waals surface area contributed by atoms with E-state index in [9.17, 15) is 9.59 Å². The minimum absolute atomic E-state index is 0.0950. The zero-order valence-corrected chi connectivity index (χ0v) is 11.4. The lowest BCUT2D eigenvalue weighted by Crippen LogP contribution is -2.29. The van der Waals surface area contributed by atoms with E-state index >= 15 is 0 Å². The summed E-state index contributed by atoms with van der Waals surface area (Å²) in [6.07, 6.45) is 0.459. The molecule has 0 radical (unpaired) electrons. The highest BCUT2D eigenvalue weighted by atomic mass is 16.4. The van der Waals surface area contributed by atoms with Crippen LogP contribution in [0.4, 0.5) is 0 Å². The molecule has 1 aromatic carbocycles. The number of carbonyl (C=O) groups is 2. The number of aryl methyl sites for hydroxylation is 1. The monoisotopic (exact) mass is 261 g/mol. The van der Waals surface area contributed by atoms with Crippen LogP contribution >= 0.6 is 0 Å². The molecule has 0 aliphatic heterocycles. The molecule has 0 spiro atoms. The van der Waals surface area contributed by atoms with Gasteiger partial charge in [-0.1, -0.05) is 18.2 Å². The highest BCUT2D eigenvalue weighted by molar-refractivity contribution is 5.89. The van der Waals surface area contributed by atoms with E-state index in [0.29, 0.717) is 6.42 Å². The maximum absolute atomic E-state index is 11.9. The molecule has 0 heterocycles. The maximum Gasteiger partial charge on any atom is 0.307 e. The number of rotatable bonds is 4. The van der Waals surface area contributed by atoms with Crippen molar-refractivity contribution in [3.63, 3.8) is 0 Å². The molecular weight excluding hydrogens is 242 g/mol. The summed E-state index contributed by atoms with van der Waals surface area (Å²) in [6.45, 7) is 6.00. The first kappa shape index (κ1) is 13.6. The van der Waals surface area contributed by atoms with E-state index in [1.165, 1.54) is 11.1 Å². The fraction of sp³-hybridized carbons (Fsp3) is 0.467.